The van der Waals surface area contributed by atoms with Gasteiger partial charge >= 0.3 is 0 Å². The SMILES string of the molecule is CNc1c(C(=O)Nc2cccc3ccccc23)cc([N+](=O)[O-])cc1[N+](=O)[O-]. The van der Waals surface area contributed by atoms with Crippen molar-refractivity contribution >= 4 is 39.4 Å². The molecule has 3 rings (SSSR count). The number of nitrogens with one attached hydrogen (secondary N) is 2. The van der Waals surface area contributed by atoms with E-state index in [1.54, 1.807) is 12.1 Å². The third-order valence-corrected chi connectivity index (χ3v) is 4.04. The zero-order valence-electron chi connectivity index (χ0n) is 14.1. The van der Waals surface area contributed by atoms with Crippen LogP contribution >= 0.6 is 0 Å². The molecule has 27 heavy (non-hydrogen) atoms. The van der Waals surface area contributed by atoms with Gasteiger partial charge in [-0.25, -0.2) is 0 Å². The van der Waals surface area contributed by atoms with E-state index in [4.69, 9.17) is 0 Å². The molecule has 0 aliphatic carbocycles. The lowest BCUT2D eigenvalue weighted by Gasteiger charge is -2.12. The van der Waals surface area contributed by atoms with Gasteiger partial charge in [0, 0.05) is 24.2 Å². The van der Waals surface area contributed by atoms with E-state index in [-0.39, 0.29) is 11.3 Å². The topological polar surface area (TPSA) is 127 Å². The standard InChI is InChI=1S/C18H14N4O5/c1-19-17-14(9-12(21(24)25)10-16(17)22(26)27)18(23)20-15-8-4-6-11-5-2-3-7-13(11)15/h2-10,19H,1H3,(H,20,23). The number of benzene rings is 3. The first-order valence-electron chi connectivity index (χ1n) is 7.86. The van der Waals surface area contributed by atoms with Gasteiger partial charge in [-0.15, -0.1) is 0 Å². The summed E-state index contributed by atoms with van der Waals surface area (Å²) in [6.07, 6.45) is 0. The van der Waals surface area contributed by atoms with Crippen molar-refractivity contribution in [3.05, 3.63) is 80.4 Å². The summed E-state index contributed by atoms with van der Waals surface area (Å²) in [6, 6.07) is 14.5. The van der Waals surface area contributed by atoms with E-state index < -0.39 is 27.1 Å². The molecular weight excluding hydrogens is 352 g/mol. The monoisotopic (exact) mass is 366 g/mol. The molecule has 0 saturated heterocycles. The Bertz CT molecular complexity index is 1080. The summed E-state index contributed by atoms with van der Waals surface area (Å²) in [5, 5.41) is 29.3. The molecule has 9 heteroatoms. The minimum atomic E-state index is -0.777. The quantitative estimate of drug-likeness (QED) is 0.520. The Morgan fingerprint density at radius 1 is 0.963 bits per heavy atom. The van der Waals surface area contributed by atoms with Gasteiger partial charge in [-0.2, -0.15) is 0 Å². The van der Waals surface area contributed by atoms with Gasteiger partial charge in [0.05, 0.1) is 21.5 Å². The van der Waals surface area contributed by atoms with Crippen molar-refractivity contribution in [1.82, 2.24) is 0 Å². The van der Waals surface area contributed by atoms with Crippen molar-refractivity contribution in [3.63, 3.8) is 0 Å². The normalized spacial score (nSPS) is 10.4. The van der Waals surface area contributed by atoms with Gasteiger partial charge < -0.3 is 10.6 Å². The van der Waals surface area contributed by atoms with Crippen LogP contribution in [0.25, 0.3) is 10.8 Å². The van der Waals surface area contributed by atoms with E-state index in [9.17, 15) is 25.0 Å². The molecule has 0 aromatic heterocycles. The second kappa shape index (κ2) is 7.08. The van der Waals surface area contributed by atoms with Crippen LogP contribution in [-0.2, 0) is 0 Å². The Labute approximate surface area is 152 Å². The Balaban J connectivity index is 2.10. The molecule has 1 amide bonds. The molecule has 0 bridgehead atoms. The molecule has 9 nitrogen and oxygen atoms in total. The van der Waals surface area contributed by atoms with Crippen LogP contribution in [0.15, 0.2) is 54.6 Å². The maximum Gasteiger partial charge on any atom is 0.300 e. The maximum atomic E-state index is 12.8. The number of hydrogen-bond acceptors (Lipinski definition) is 6. The van der Waals surface area contributed by atoms with Crippen LogP contribution in [0.1, 0.15) is 10.4 Å². The highest BCUT2D eigenvalue weighted by molar-refractivity contribution is 6.13. The summed E-state index contributed by atoms with van der Waals surface area (Å²) >= 11 is 0. The molecule has 0 spiro atoms. The summed E-state index contributed by atoms with van der Waals surface area (Å²) in [4.78, 5) is 33.6. The lowest BCUT2D eigenvalue weighted by Crippen LogP contribution is -2.15. The highest BCUT2D eigenvalue weighted by Crippen LogP contribution is 2.34. The third kappa shape index (κ3) is 3.38. The fraction of sp³-hybridized carbons (Fsp3) is 0.0556. The summed E-state index contributed by atoms with van der Waals surface area (Å²) in [5.41, 5.74) is -0.873. The van der Waals surface area contributed by atoms with Crippen LogP contribution in [0.3, 0.4) is 0 Å². The lowest BCUT2D eigenvalue weighted by molar-refractivity contribution is -0.393. The van der Waals surface area contributed by atoms with Crippen molar-refractivity contribution in [2.24, 2.45) is 0 Å². The largest absolute Gasteiger partial charge is 0.382 e. The third-order valence-electron chi connectivity index (χ3n) is 4.04. The molecule has 3 aromatic rings. The van der Waals surface area contributed by atoms with Gasteiger partial charge in [-0.3, -0.25) is 25.0 Å². The molecule has 0 aliphatic heterocycles. The highest BCUT2D eigenvalue weighted by atomic mass is 16.6. The number of nitro groups is 2. The first-order valence-corrected chi connectivity index (χ1v) is 7.86. The molecule has 0 fully saturated rings. The molecule has 0 atom stereocenters. The molecular formula is C18H14N4O5. The number of hydrogen-bond donors (Lipinski definition) is 2. The second-order valence-corrected chi connectivity index (χ2v) is 5.63. The van der Waals surface area contributed by atoms with Crippen molar-refractivity contribution in [3.8, 4) is 0 Å². The Morgan fingerprint density at radius 3 is 2.33 bits per heavy atom. The van der Waals surface area contributed by atoms with Crippen molar-refractivity contribution in [1.29, 1.82) is 0 Å². The van der Waals surface area contributed by atoms with Gasteiger partial charge in [0.15, 0.2) is 0 Å². The van der Waals surface area contributed by atoms with E-state index in [0.29, 0.717) is 5.69 Å². The van der Waals surface area contributed by atoms with E-state index in [0.717, 1.165) is 22.9 Å². The number of carbonyl (C=O) groups excluding carboxylic acids is 1. The van der Waals surface area contributed by atoms with Crippen LogP contribution in [0.5, 0.6) is 0 Å². The predicted molar refractivity (Wildman–Crippen MR) is 101 cm³/mol. The maximum absolute atomic E-state index is 12.8. The molecule has 136 valence electrons. The summed E-state index contributed by atoms with van der Waals surface area (Å²) < 4.78 is 0. The van der Waals surface area contributed by atoms with Gasteiger partial charge in [0.1, 0.15) is 5.69 Å². The number of carbonyl (C=O) groups is 1. The number of amides is 1. The first-order chi connectivity index (χ1) is 12.9. The Kier molecular flexibility index (Phi) is 4.67. The van der Waals surface area contributed by atoms with Crippen LogP contribution in [0.4, 0.5) is 22.7 Å². The van der Waals surface area contributed by atoms with Crippen molar-refractivity contribution in [2.45, 2.75) is 0 Å². The van der Waals surface area contributed by atoms with Crippen molar-refractivity contribution < 1.29 is 14.6 Å². The van der Waals surface area contributed by atoms with Crippen molar-refractivity contribution in [2.75, 3.05) is 17.7 Å². The van der Waals surface area contributed by atoms with Gasteiger partial charge in [-0.05, 0) is 11.5 Å². The number of non-ortho nitro benzene ring substituents is 1. The number of anilines is 2. The second-order valence-electron chi connectivity index (χ2n) is 5.63. The van der Waals surface area contributed by atoms with E-state index in [1.807, 2.05) is 30.3 Å². The number of fused-ring (bicyclic) bond motifs is 1. The molecule has 0 unspecified atom stereocenters. The minimum Gasteiger partial charge on any atom is -0.382 e. The Hall–Kier alpha value is -4.01. The molecule has 2 N–H and O–H groups in total. The Morgan fingerprint density at radius 2 is 1.67 bits per heavy atom. The fourth-order valence-electron chi connectivity index (χ4n) is 2.83. The summed E-state index contributed by atoms with van der Waals surface area (Å²) in [5.74, 6) is -0.692. The van der Waals surface area contributed by atoms with Crippen LogP contribution in [0.2, 0.25) is 0 Å². The van der Waals surface area contributed by atoms with E-state index in [1.165, 1.54) is 7.05 Å². The number of nitro benzene ring substituents is 2. The number of rotatable bonds is 5. The molecule has 3 aromatic carbocycles. The van der Waals surface area contributed by atoms with E-state index in [2.05, 4.69) is 10.6 Å². The summed E-state index contributed by atoms with van der Waals surface area (Å²) in [6.45, 7) is 0. The number of nitrogens with zero attached hydrogens (tertiary/aromatic N) is 2. The summed E-state index contributed by atoms with van der Waals surface area (Å²) in [7, 11) is 1.41. The zero-order valence-corrected chi connectivity index (χ0v) is 14.1. The van der Waals surface area contributed by atoms with E-state index >= 15 is 0 Å². The van der Waals surface area contributed by atoms with Gasteiger partial charge in [0.2, 0.25) is 0 Å². The minimum absolute atomic E-state index is 0.0941. The smallest absolute Gasteiger partial charge is 0.300 e. The zero-order chi connectivity index (χ0) is 19.6. The van der Waals surface area contributed by atoms with Crippen LogP contribution < -0.4 is 10.6 Å². The average molecular weight is 366 g/mol. The highest BCUT2D eigenvalue weighted by Gasteiger charge is 2.27. The average Bonchev–Trinajstić information content (AvgIpc) is 2.66. The lowest BCUT2D eigenvalue weighted by atomic mass is 10.1. The molecule has 0 heterocycles. The fourth-order valence-corrected chi connectivity index (χ4v) is 2.83. The molecule has 0 saturated carbocycles. The van der Waals surface area contributed by atoms with Crippen LogP contribution in [0, 0.1) is 20.2 Å². The first kappa shape index (κ1) is 17.8. The van der Waals surface area contributed by atoms with Gasteiger partial charge in [-0.1, -0.05) is 36.4 Å². The van der Waals surface area contributed by atoms with Crippen LogP contribution in [-0.4, -0.2) is 22.8 Å². The molecule has 0 radical (unpaired) electrons. The predicted octanol–water partition coefficient (Wildman–Crippen LogP) is 3.95. The molecule has 0 aliphatic rings. The van der Waals surface area contributed by atoms with Gasteiger partial charge in [0.25, 0.3) is 17.3 Å².